The second-order valence-corrected chi connectivity index (χ2v) is 5.52. The number of pyridine rings is 1. The van der Waals surface area contributed by atoms with E-state index in [1.165, 1.54) is 11.1 Å². The minimum atomic E-state index is 0.135. The SMILES string of the molecule is CCCNC(c1ccc(C)cc1)c1ncccc1Br. The number of nitrogens with one attached hydrogen (secondary N) is 1. The van der Waals surface area contributed by atoms with E-state index in [0.29, 0.717) is 0 Å². The maximum Gasteiger partial charge on any atom is 0.0762 e. The van der Waals surface area contributed by atoms with Gasteiger partial charge in [0, 0.05) is 10.7 Å². The van der Waals surface area contributed by atoms with Gasteiger partial charge in [0.25, 0.3) is 0 Å². The number of hydrogen-bond acceptors (Lipinski definition) is 2. The van der Waals surface area contributed by atoms with Gasteiger partial charge < -0.3 is 5.32 Å². The first-order valence-corrected chi connectivity index (χ1v) is 7.42. The van der Waals surface area contributed by atoms with Crippen LogP contribution in [0.2, 0.25) is 0 Å². The first kappa shape index (κ1) is 14.2. The molecule has 1 N–H and O–H groups in total. The van der Waals surface area contributed by atoms with Gasteiger partial charge in [0.1, 0.15) is 0 Å². The Labute approximate surface area is 123 Å². The number of rotatable bonds is 5. The van der Waals surface area contributed by atoms with Crippen molar-refractivity contribution in [1.29, 1.82) is 0 Å². The van der Waals surface area contributed by atoms with Crippen molar-refractivity contribution in [3.05, 3.63) is 63.9 Å². The summed E-state index contributed by atoms with van der Waals surface area (Å²) in [6.07, 6.45) is 2.95. The molecule has 2 nitrogen and oxygen atoms in total. The fraction of sp³-hybridized carbons (Fsp3) is 0.312. The van der Waals surface area contributed by atoms with Crippen molar-refractivity contribution in [1.82, 2.24) is 10.3 Å². The van der Waals surface area contributed by atoms with Crippen LogP contribution in [0, 0.1) is 6.92 Å². The molecule has 2 rings (SSSR count). The van der Waals surface area contributed by atoms with Gasteiger partial charge in [-0.1, -0.05) is 36.8 Å². The van der Waals surface area contributed by atoms with Gasteiger partial charge in [-0.05, 0) is 53.5 Å². The van der Waals surface area contributed by atoms with Crippen molar-refractivity contribution in [2.24, 2.45) is 0 Å². The molecule has 0 radical (unpaired) electrons. The Morgan fingerprint density at radius 2 is 1.95 bits per heavy atom. The number of aryl methyl sites for hydroxylation is 1. The van der Waals surface area contributed by atoms with E-state index in [2.05, 4.69) is 64.3 Å². The summed E-state index contributed by atoms with van der Waals surface area (Å²) >= 11 is 3.60. The molecular formula is C16H19BrN2. The van der Waals surface area contributed by atoms with E-state index in [-0.39, 0.29) is 6.04 Å². The predicted molar refractivity (Wildman–Crippen MR) is 83.3 cm³/mol. The van der Waals surface area contributed by atoms with Gasteiger partial charge in [0.05, 0.1) is 11.7 Å². The highest BCUT2D eigenvalue weighted by Gasteiger charge is 2.16. The predicted octanol–water partition coefficient (Wildman–Crippen LogP) is 4.24. The topological polar surface area (TPSA) is 24.9 Å². The molecule has 0 spiro atoms. The molecule has 0 saturated heterocycles. The quantitative estimate of drug-likeness (QED) is 0.891. The van der Waals surface area contributed by atoms with Gasteiger partial charge in [-0.25, -0.2) is 0 Å². The van der Waals surface area contributed by atoms with Crippen LogP contribution in [0.5, 0.6) is 0 Å². The minimum Gasteiger partial charge on any atom is -0.305 e. The number of hydrogen-bond donors (Lipinski definition) is 1. The molecule has 1 atom stereocenters. The van der Waals surface area contributed by atoms with Crippen LogP contribution < -0.4 is 5.32 Å². The lowest BCUT2D eigenvalue weighted by Gasteiger charge is -2.20. The molecule has 0 aliphatic heterocycles. The molecule has 0 amide bonds. The molecule has 0 bridgehead atoms. The summed E-state index contributed by atoms with van der Waals surface area (Å²) in [6.45, 7) is 5.25. The molecule has 1 aromatic heterocycles. The van der Waals surface area contributed by atoms with Crippen molar-refractivity contribution in [3.8, 4) is 0 Å². The smallest absolute Gasteiger partial charge is 0.0762 e. The molecular weight excluding hydrogens is 300 g/mol. The minimum absolute atomic E-state index is 0.135. The monoisotopic (exact) mass is 318 g/mol. The Morgan fingerprint density at radius 1 is 1.21 bits per heavy atom. The summed E-state index contributed by atoms with van der Waals surface area (Å²) in [5, 5.41) is 3.57. The molecule has 100 valence electrons. The van der Waals surface area contributed by atoms with Crippen LogP contribution in [0.1, 0.15) is 36.2 Å². The Bertz CT molecular complexity index is 523. The van der Waals surface area contributed by atoms with E-state index in [9.17, 15) is 0 Å². The fourth-order valence-electron chi connectivity index (χ4n) is 2.03. The molecule has 0 aliphatic rings. The molecule has 2 aromatic rings. The maximum atomic E-state index is 4.52. The number of benzene rings is 1. The molecule has 1 heterocycles. The highest BCUT2D eigenvalue weighted by atomic mass is 79.9. The van der Waals surface area contributed by atoms with Gasteiger partial charge in [-0.3, -0.25) is 4.98 Å². The van der Waals surface area contributed by atoms with Crippen LogP contribution in [-0.2, 0) is 0 Å². The second-order valence-electron chi connectivity index (χ2n) is 4.67. The molecule has 19 heavy (non-hydrogen) atoms. The van der Waals surface area contributed by atoms with Crippen molar-refractivity contribution in [2.75, 3.05) is 6.54 Å². The number of halogens is 1. The summed E-state index contributed by atoms with van der Waals surface area (Å²) in [6, 6.07) is 12.8. The van der Waals surface area contributed by atoms with Crippen LogP contribution in [0.4, 0.5) is 0 Å². The van der Waals surface area contributed by atoms with Gasteiger partial charge in [-0.15, -0.1) is 0 Å². The highest BCUT2D eigenvalue weighted by Crippen LogP contribution is 2.26. The standard InChI is InChI=1S/C16H19BrN2/c1-3-10-18-15(13-8-6-12(2)7-9-13)16-14(17)5-4-11-19-16/h4-9,11,15,18H,3,10H2,1-2H3. The van der Waals surface area contributed by atoms with Crippen LogP contribution in [0.15, 0.2) is 47.1 Å². The average Bonchev–Trinajstić information content (AvgIpc) is 2.43. The lowest BCUT2D eigenvalue weighted by molar-refractivity contribution is 0.584. The Balaban J connectivity index is 2.35. The first-order chi connectivity index (χ1) is 9.22. The normalized spacial score (nSPS) is 12.4. The maximum absolute atomic E-state index is 4.52. The van der Waals surface area contributed by atoms with Crippen LogP contribution >= 0.6 is 15.9 Å². The van der Waals surface area contributed by atoms with Crippen LogP contribution in [0.25, 0.3) is 0 Å². The van der Waals surface area contributed by atoms with Crippen LogP contribution in [0.3, 0.4) is 0 Å². The second kappa shape index (κ2) is 6.83. The molecule has 1 aromatic carbocycles. The molecule has 0 fully saturated rings. The van der Waals surface area contributed by atoms with E-state index >= 15 is 0 Å². The van der Waals surface area contributed by atoms with Crippen molar-refractivity contribution < 1.29 is 0 Å². The summed E-state index contributed by atoms with van der Waals surface area (Å²) < 4.78 is 1.05. The van der Waals surface area contributed by atoms with Gasteiger partial charge in [0.2, 0.25) is 0 Å². The summed E-state index contributed by atoms with van der Waals surface area (Å²) in [4.78, 5) is 4.52. The lowest BCUT2D eigenvalue weighted by atomic mass is 10.0. The molecule has 3 heteroatoms. The Hall–Kier alpha value is -1.19. The van der Waals surface area contributed by atoms with Crippen molar-refractivity contribution in [3.63, 3.8) is 0 Å². The van der Waals surface area contributed by atoms with E-state index in [4.69, 9.17) is 0 Å². The van der Waals surface area contributed by atoms with Gasteiger partial charge >= 0.3 is 0 Å². The molecule has 0 aliphatic carbocycles. The van der Waals surface area contributed by atoms with Crippen molar-refractivity contribution >= 4 is 15.9 Å². The average molecular weight is 319 g/mol. The zero-order chi connectivity index (χ0) is 13.7. The highest BCUT2D eigenvalue weighted by molar-refractivity contribution is 9.10. The lowest BCUT2D eigenvalue weighted by Crippen LogP contribution is -2.24. The van der Waals surface area contributed by atoms with Gasteiger partial charge in [0.15, 0.2) is 0 Å². The zero-order valence-electron chi connectivity index (χ0n) is 11.4. The van der Waals surface area contributed by atoms with E-state index in [0.717, 1.165) is 23.1 Å². The Morgan fingerprint density at radius 3 is 2.58 bits per heavy atom. The molecule has 1 unspecified atom stereocenters. The van der Waals surface area contributed by atoms with Crippen LogP contribution in [-0.4, -0.2) is 11.5 Å². The third kappa shape index (κ3) is 3.64. The van der Waals surface area contributed by atoms with E-state index < -0.39 is 0 Å². The zero-order valence-corrected chi connectivity index (χ0v) is 12.9. The Kier molecular flexibility index (Phi) is 5.11. The first-order valence-electron chi connectivity index (χ1n) is 6.62. The summed E-state index contributed by atoms with van der Waals surface area (Å²) in [5.74, 6) is 0. The van der Waals surface area contributed by atoms with E-state index in [1.807, 2.05) is 18.3 Å². The number of aromatic nitrogens is 1. The van der Waals surface area contributed by atoms with Gasteiger partial charge in [-0.2, -0.15) is 0 Å². The number of nitrogens with zero attached hydrogens (tertiary/aromatic N) is 1. The fourth-order valence-corrected chi connectivity index (χ4v) is 2.51. The van der Waals surface area contributed by atoms with Crippen molar-refractivity contribution in [2.45, 2.75) is 26.3 Å². The largest absolute Gasteiger partial charge is 0.305 e. The van der Waals surface area contributed by atoms with E-state index in [1.54, 1.807) is 0 Å². The molecule has 0 saturated carbocycles. The third-order valence-corrected chi connectivity index (χ3v) is 3.74. The summed E-state index contributed by atoms with van der Waals surface area (Å²) in [7, 11) is 0. The third-order valence-electron chi connectivity index (χ3n) is 3.07. The summed E-state index contributed by atoms with van der Waals surface area (Å²) in [5.41, 5.74) is 3.57.